The first-order chi connectivity index (χ1) is 15.9. The van der Waals surface area contributed by atoms with Crippen LogP contribution in [0.5, 0.6) is 0 Å². The fourth-order valence-corrected chi connectivity index (χ4v) is 4.71. The summed E-state index contributed by atoms with van der Waals surface area (Å²) < 4.78 is 32.6. The minimum atomic E-state index is -3.71. The van der Waals surface area contributed by atoms with E-state index in [0.717, 1.165) is 19.5 Å². The lowest BCUT2D eigenvalue weighted by Gasteiger charge is -2.30. The minimum absolute atomic E-state index is 0.0612. The maximum Gasteiger partial charge on any atom is 0.251 e. The third kappa shape index (κ3) is 7.02. The average molecular weight is 470 g/mol. The molecule has 0 saturated heterocycles. The van der Waals surface area contributed by atoms with Gasteiger partial charge in [-0.25, -0.2) is 13.1 Å². The molecule has 0 radical (unpaired) electrons. The highest BCUT2D eigenvalue weighted by atomic mass is 32.2. The normalized spacial score (nSPS) is 12.6. The van der Waals surface area contributed by atoms with E-state index < -0.39 is 10.0 Å². The smallest absolute Gasteiger partial charge is 0.251 e. The topological polar surface area (TPSA) is 91.7 Å². The summed E-state index contributed by atoms with van der Waals surface area (Å²) in [5.41, 5.74) is 1.64. The van der Waals surface area contributed by atoms with Crippen molar-refractivity contribution in [2.75, 3.05) is 19.6 Å². The molecule has 1 heterocycles. The van der Waals surface area contributed by atoms with Crippen LogP contribution in [0.1, 0.15) is 35.5 Å². The van der Waals surface area contributed by atoms with Gasteiger partial charge in [0.15, 0.2) is 0 Å². The molecule has 1 unspecified atom stereocenters. The average Bonchev–Trinajstić information content (AvgIpc) is 3.36. The van der Waals surface area contributed by atoms with Gasteiger partial charge in [-0.15, -0.1) is 0 Å². The lowest BCUT2D eigenvalue weighted by atomic mass is 10.0. The molecule has 8 heteroatoms. The molecule has 2 N–H and O–H groups in total. The van der Waals surface area contributed by atoms with Crippen LogP contribution in [-0.2, 0) is 23.0 Å². The van der Waals surface area contributed by atoms with Gasteiger partial charge in [-0.2, -0.15) is 0 Å². The standard InChI is InChI=1S/C25H31N3O4S/c1-3-28(4-2)22(17-20-9-6-5-7-10-20)18-26-25(29)21-12-14-24(15-13-21)33(30,31)27-19-23-11-8-16-32-23/h5-16,22,27H,3-4,17-19H2,1-2H3,(H,26,29). The summed E-state index contributed by atoms with van der Waals surface area (Å²) in [4.78, 5) is 15.2. The van der Waals surface area contributed by atoms with E-state index in [-0.39, 0.29) is 23.4 Å². The molecule has 176 valence electrons. The van der Waals surface area contributed by atoms with E-state index in [1.807, 2.05) is 18.2 Å². The summed E-state index contributed by atoms with van der Waals surface area (Å²) in [5, 5.41) is 3.01. The molecule has 1 atom stereocenters. The van der Waals surface area contributed by atoms with Crippen molar-refractivity contribution >= 4 is 15.9 Å². The summed E-state index contributed by atoms with van der Waals surface area (Å²) in [6.07, 6.45) is 2.32. The summed E-state index contributed by atoms with van der Waals surface area (Å²) in [6, 6.07) is 19.7. The fourth-order valence-electron chi connectivity index (χ4n) is 3.72. The lowest BCUT2D eigenvalue weighted by molar-refractivity contribution is 0.0934. The maximum absolute atomic E-state index is 12.7. The highest BCUT2D eigenvalue weighted by Crippen LogP contribution is 2.13. The van der Waals surface area contributed by atoms with Crippen molar-refractivity contribution in [3.8, 4) is 0 Å². The molecule has 0 aliphatic rings. The van der Waals surface area contributed by atoms with E-state index in [9.17, 15) is 13.2 Å². The van der Waals surface area contributed by atoms with Gasteiger partial charge in [0.2, 0.25) is 10.0 Å². The summed E-state index contributed by atoms with van der Waals surface area (Å²) in [5.74, 6) is 0.292. The molecule has 2 aromatic carbocycles. The predicted molar refractivity (Wildman–Crippen MR) is 128 cm³/mol. The Bertz CT molecular complexity index is 1090. The van der Waals surface area contributed by atoms with Crippen molar-refractivity contribution in [3.63, 3.8) is 0 Å². The Morgan fingerprint density at radius 1 is 0.970 bits per heavy atom. The minimum Gasteiger partial charge on any atom is -0.468 e. The summed E-state index contributed by atoms with van der Waals surface area (Å²) >= 11 is 0. The summed E-state index contributed by atoms with van der Waals surface area (Å²) in [6.45, 7) is 6.57. The molecule has 0 fully saturated rings. The van der Waals surface area contributed by atoms with Crippen LogP contribution in [0.4, 0.5) is 0 Å². The molecule has 0 aliphatic heterocycles. The second-order valence-corrected chi connectivity index (χ2v) is 9.47. The molecule has 0 spiro atoms. The Hall–Kier alpha value is -2.94. The molecule has 3 aromatic rings. The molecule has 1 amide bonds. The molecule has 1 aromatic heterocycles. The van der Waals surface area contributed by atoms with Crippen LogP contribution in [0.15, 0.2) is 82.3 Å². The van der Waals surface area contributed by atoms with Crippen molar-refractivity contribution in [1.82, 2.24) is 14.9 Å². The van der Waals surface area contributed by atoms with Crippen LogP contribution in [0, 0.1) is 0 Å². The number of carbonyl (C=O) groups excluding carboxylic acids is 1. The number of amides is 1. The zero-order valence-electron chi connectivity index (χ0n) is 19.0. The second-order valence-electron chi connectivity index (χ2n) is 7.70. The van der Waals surface area contributed by atoms with Gasteiger partial charge in [-0.1, -0.05) is 44.2 Å². The van der Waals surface area contributed by atoms with Gasteiger partial charge >= 0.3 is 0 Å². The highest BCUT2D eigenvalue weighted by Gasteiger charge is 2.19. The molecule has 3 rings (SSSR count). The molecular weight excluding hydrogens is 438 g/mol. The Balaban J connectivity index is 1.61. The van der Waals surface area contributed by atoms with Gasteiger partial charge in [0.05, 0.1) is 17.7 Å². The van der Waals surface area contributed by atoms with E-state index >= 15 is 0 Å². The maximum atomic E-state index is 12.7. The number of nitrogens with zero attached hydrogens (tertiary/aromatic N) is 1. The Morgan fingerprint density at radius 3 is 2.27 bits per heavy atom. The van der Waals surface area contributed by atoms with Crippen LogP contribution < -0.4 is 10.0 Å². The van der Waals surface area contributed by atoms with Crippen LogP contribution in [0.2, 0.25) is 0 Å². The second kappa shape index (κ2) is 11.8. The van der Waals surface area contributed by atoms with Crippen LogP contribution in [-0.4, -0.2) is 44.9 Å². The number of rotatable bonds is 12. The SMILES string of the molecule is CCN(CC)C(CNC(=O)c1ccc(S(=O)(=O)NCc2ccco2)cc1)Cc1ccccc1. The zero-order chi connectivity index (χ0) is 23.7. The van der Waals surface area contributed by atoms with Crippen molar-refractivity contribution in [2.24, 2.45) is 0 Å². The Kier molecular flexibility index (Phi) is 8.82. The lowest BCUT2D eigenvalue weighted by Crippen LogP contribution is -2.45. The third-order valence-electron chi connectivity index (χ3n) is 5.58. The Labute approximate surface area is 195 Å². The number of hydrogen-bond donors (Lipinski definition) is 2. The quantitative estimate of drug-likeness (QED) is 0.424. The van der Waals surface area contributed by atoms with E-state index in [1.54, 1.807) is 12.1 Å². The molecule has 0 bridgehead atoms. The van der Waals surface area contributed by atoms with Gasteiger partial charge in [0.25, 0.3) is 5.91 Å². The first-order valence-electron chi connectivity index (χ1n) is 11.1. The molecule has 0 aliphatic carbocycles. The van der Waals surface area contributed by atoms with E-state index in [2.05, 4.69) is 40.9 Å². The van der Waals surface area contributed by atoms with Crippen molar-refractivity contribution < 1.29 is 17.6 Å². The predicted octanol–water partition coefficient (Wildman–Crippen LogP) is 3.44. The van der Waals surface area contributed by atoms with Crippen molar-refractivity contribution in [2.45, 2.75) is 37.8 Å². The van der Waals surface area contributed by atoms with E-state index in [1.165, 1.54) is 36.1 Å². The largest absolute Gasteiger partial charge is 0.468 e. The van der Waals surface area contributed by atoms with Crippen LogP contribution >= 0.6 is 0 Å². The monoisotopic (exact) mass is 469 g/mol. The molecule has 7 nitrogen and oxygen atoms in total. The number of carbonyl (C=O) groups is 1. The highest BCUT2D eigenvalue weighted by molar-refractivity contribution is 7.89. The van der Waals surface area contributed by atoms with Crippen LogP contribution in [0.25, 0.3) is 0 Å². The zero-order valence-corrected chi connectivity index (χ0v) is 19.8. The number of benzene rings is 2. The van der Waals surface area contributed by atoms with Gasteiger partial charge in [-0.3, -0.25) is 9.69 Å². The number of hydrogen-bond acceptors (Lipinski definition) is 5. The first kappa shape index (κ1) is 24.7. The molecule has 33 heavy (non-hydrogen) atoms. The summed E-state index contributed by atoms with van der Waals surface area (Å²) in [7, 11) is -3.71. The van der Waals surface area contributed by atoms with Gasteiger partial charge in [0, 0.05) is 18.2 Å². The first-order valence-corrected chi connectivity index (χ1v) is 12.6. The fraction of sp³-hybridized carbons (Fsp3) is 0.320. The Morgan fingerprint density at radius 2 is 1.67 bits per heavy atom. The van der Waals surface area contributed by atoms with Gasteiger partial charge < -0.3 is 9.73 Å². The van der Waals surface area contributed by atoms with Crippen molar-refractivity contribution in [1.29, 1.82) is 0 Å². The molecular formula is C25H31N3O4S. The number of sulfonamides is 1. The number of nitrogens with one attached hydrogen (secondary N) is 2. The number of furan rings is 1. The van der Waals surface area contributed by atoms with E-state index in [0.29, 0.717) is 17.9 Å². The number of likely N-dealkylation sites (N-methyl/N-ethyl adjacent to an activating group) is 1. The molecule has 0 saturated carbocycles. The van der Waals surface area contributed by atoms with Gasteiger partial charge in [-0.05, 0) is 61.5 Å². The third-order valence-corrected chi connectivity index (χ3v) is 7.00. The van der Waals surface area contributed by atoms with Gasteiger partial charge in [0.1, 0.15) is 5.76 Å². The van der Waals surface area contributed by atoms with Crippen molar-refractivity contribution in [3.05, 3.63) is 89.9 Å². The van der Waals surface area contributed by atoms with E-state index in [4.69, 9.17) is 4.42 Å². The van der Waals surface area contributed by atoms with Crippen LogP contribution in [0.3, 0.4) is 0 Å².